The summed E-state index contributed by atoms with van der Waals surface area (Å²) in [5.74, 6) is 0. The molecule has 11 aromatic rings. The maximum atomic E-state index is 6.67. The molecule has 0 spiro atoms. The van der Waals surface area contributed by atoms with Crippen molar-refractivity contribution in [3.63, 3.8) is 0 Å². The highest BCUT2D eigenvalue weighted by Crippen LogP contribution is 2.55. The molecular weight excluding hydrogens is 643 g/mol. The zero-order valence-corrected chi connectivity index (χ0v) is 29.4. The van der Waals surface area contributed by atoms with Crippen molar-refractivity contribution < 1.29 is 4.42 Å². The second-order valence-electron chi connectivity index (χ2n) is 15.2. The van der Waals surface area contributed by atoms with Crippen LogP contribution in [-0.2, 0) is 5.41 Å². The second-order valence-corrected chi connectivity index (χ2v) is 15.2. The summed E-state index contributed by atoms with van der Waals surface area (Å²) in [5, 5.41) is 12.7. The number of aromatic nitrogens is 1. The van der Waals surface area contributed by atoms with E-state index < -0.39 is 0 Å². The molecule has 9 aromatic carbocycles. The molecule has 248 valence electrons. The Morgan fingerprint density at radius 3 is 1.75 bits per heavy atom. The standard InChI is InChI=1S/C51H33NO/c1-51(2)44-28-27-40-38-15-7-9-17-45(38)52(49(40)47(44)42-26-25-41-39-16-8-10-18-46(39)53-50(41)48(42)51)32-22-19-30(20-23-32)31-21-24-37-35-13-4-3-11-33(35)34-12-5-6-14-36(34)43(37)29-31/h3-29H,1-2H3. The molecule has 0 N–H and O–H groups in total. The first-order valence-electron chi connectivity index (χ1n) is 18.5. The van der Waals surface area contributed by atoms with Gasteiger partial charge in [0.05, 0.1) is 11.0 Å². The molecule has 2 heteroatoms. The van der Waals surface area contributed by atoms with Gasteiger partial charge in [-0.2, -0.15) is 0 Å². The first-order valence-corrected chi connectivity index (χ1v) is 18.5. The van der Waals surface area contributed by atoms with Gasteiger partial charge in [-0.25, -0.2) is 0 Å². The van der Waals surface area contributed by atoms with Crippen LogP contribution < -0.4 is 0 Å². The summed E-state index contributed by atoms with van der Waals surface area (Å²) in [5.41, 5.74) is 12.9. The Morgan fingerprint density at radius 2 is 1.02 bits per heavy atom. The second kappa shape index (κ2) is 10.2. The van der Waals surface area contributed by atoms with Crippen LogP contribution in [0.2, 0.25) is 0 Å². The molecule has 0 radical (unpaired) electrons. The molecule has 0 bridgehead atoms. The summed E-state index contributed by atoms with van der Waals surface area (Å²) < 4.78 is 9.16. The SMILES string of the molecule is CC1(C)c2ccc3c4ccccc4n(-c4ccc(-c5ccc6c7ccccc7c7ccccc7c6c5)cc4)c3c2-c2ccc3c(oc4ccccc43)c21. The van der Waals surface area contributed by atoms with Crippen LogP contribution in [0.5, 0.6) is 0 Å². The number of nitrogens with zero attached hydrogens (tertiary/aromatic N) is 1. The monoisotopic (exact) mass is 675 g/mol. The van der Waals surface area contributed by atoms with Crippen LogP contribution in [0, 0.1) is 0 Å². The van der Waals surface area contributed by atoms with Crippen molar-refractivity contribution in [2.45, 2.75) is 19.3 Å². The molecule has 1 aliphatic rings. The van der Waals surface area contributed by atoms with Crippen LogP contribution in [0.3, 0.4) is 0 Å². The highest BCUT2D eigenvalue weighted by Gasteiger charge is 2.40. The summed E-state index contributed by atoms with van der Waals surface area (Å²) >= 11 is 0. The van der Waals surface area contributed by atoms with Gasteiger partial charge in [0.25, 0.3) is 0 Å². The van der Waals surface area contributed by atoms with Crippen LogP contribution in [0.4, 0.5) is 0 Å². The highest BCUT2D eigenvalue weighted by molar-refractivity contribution is 6.26. The molecule has 2 aromatic heterocycles. The molecule has 2 nitrogen and oxygen atoms in total. The Morgan fingerprint density at radius 1 is 0.453 bits per heavy atom. The van der Waals surface area contributed by atoms with E-state index in [-0.39, 0.29) is 5.41 Å². The van der Waals surface area contributed by atoms with Gasteiger partial charge in [0.15, 0.2) is 0 Å². The Bertz CT molecular complexity index is 3320. The Balaban J connectivity index is 1.07. The predicted octanol–water partition coefficient (Wildman–Crippen LogP) is 14.1. The van der Waals surface area contributed by atoms with E-state index in [1.807, 2.05) is 0 Å². The van der Waals surface area contributed by atoms with Crippen molar-refractivity contribution in [3.05, 3.63) is 175 Å². The van der Waals surface area contributed by atoms with Gasteiger partial charge in [0, 0.05) is 43.8 Å². The molecule has 2 heterocycles. The maximum absolute atomic E-state index is 6.67. The minimum atomic E-state index is -0.233. The van der Waals surface area contributed by atoms with Gasteiger partial charge in [-0.15, -0.1) is 0 Å². The predicted molar refractivity (Wildman–Crippen MR) is 224 cm³/mol. The minimum Gasteiger partial charge on any atom is -0.456 e. The maximum Gasteiger partial charge on any atom is 0.140 e. The van der Waals surface area contributed by atoms with Crippen LogP contribution in [0.25, 0.3) is 104 Å². The van der Waals surface area contributed by atoms with Crippen LogP contribution in [-0.4, -0.2) is 4.57 Å². The average Bonchev–Trinajstić information content (AvgIpc) is 3.83. The number of hydrogen-bond donors (Lipinski definition) is 0. The van der Waals surface area contributed by atoms with Crippen molar-refractivity contribution >= 4 is 76.1 Å². The fourth-order valence-electron chi connectivity index (χ4n) is 9.76. The number of benzene rings is 9. The van der Waals surface area contributed by atoms with E-state index in [2.05, 4.69) is 182 Å². The molecule has 0 unspecified atom stereocenters. The summed E-state index contributed by atoms with van der Waals surface area (Å²) in [4.78, 5) is 0. The molecule has 0 fully saturated rings. The van der Waals surface area contributed by atoms with Gasteiger partial charge >= 0.3 is 0 Å². The third-order valence-corrected chi connectivity index (χ3v) is 12.2. The van der Waals surface area contributed by atoms with E-state index in [9.17, 15) is 0 Å². The van der Waals surface area contributed by atoms with Crippen molar-refractivity contribution in [1.29, 1.82) is 0 Å². The van der Waals surface area contributed by atoms with Gasteiger partial charge in [0.2, 0.25) is 0 Å². The van der Waals surface area contributed by atoms with E-state index in [1.165, 1.54) is 98.3 Å². The molecule has 0 atom stereocenters. The Kier molecular flexibility index (Phi) is 5.60. The lowest BCUT2D eigenvalue weighted by molar-refractivity contribution is 0.620. The van der Waals surface area contributed by atoms with Gasteiger partial charge in [-0.3, -0.25) is 0 Å². The van der Waals surface area contributed by atoms with Gasteiger partial charge in [-0.05, 0) is 91.0 Å². The summed E-state index contributed by atoms with van der Waals surface area (Å²) in [6.07, 6.45) is 0. The van der Waals surface area contributed by atoms with Crippen LogP contribution in [0.1, 0.15) is 25.0 Å². The first-order chi connectivity index (χ1) is 26.1. The summed E-state index contributed by atoms with van der Waals surface area (Å²) in [6.45, 7) is 4.71. The van der Waals surface area contributed by atoms with Crippen LogP contribution >= 0.6 is 0 Å². The number of furan rings is 1. The number of para-hydroxylation sites is 2. The highest BCUT2D eigenvalue weighted by atomic mass is 16.3. The minimum absolute atomic E-state index is 0.233. The van der Waals surface area contributed by atoms with E-state index in [0.717, 1.165) is 16.9 Å². The van der Waals surface area contributed by atoms with Crippen LogP contribution in [0.15, 0.2) is 168 Å². The fourth-order valence-corrected chi connectivity index (χ4v) is 9.76. The lowest BCUT2D eigenvalue weighted by Crippen LogP contribution is -2.15. The molecule has 0 aliphatic heterocycles. The zero-order valence-electron chi connectivity index (χ0n) is 29.4. The largest absolute Gasteiger partial charge is 0.456 e. The summed E-state index contributed by atoms with van der Waals surface area (Å²) in [7, 11) is 0. The Hall–Kier alpha value is -6.64. The molecule has 0 saturated carbocycles. The van der Waals surface area contributed by atoms with E-state index in [0.29, 0.717) is 0 Å². The molecule has 1 aliphatic carbocycles. The third kappa shape index (κ3) is 3.77. The first kappa shape index (κ1) is 29.0. The fraction of sp³-hybridized carbons (Fsp3) is 0.0588. The lowest BCUT2D eigenvalue weighted by Gasteiger charge is -2.21. The van der Waals surface area contributed by atoms with E-state index in [1.54, 1.807) is 0 Å². The molecular formula is C51H33NO. The normalized spacial score (nSPS) is 13.6. The molecule has 0 saturated heterocycles. The van der Waals surface area contributed by atoms with Crippen molar-refractivity contribution in [1.82, 2.24) is 4.57 Å². The number of rotatable bonds is 2. The van der Waals surface area contributed by atoms with E-state index >= 15 is 0 Å². The van der Waals surface area contributed by atoms with Gasteiger partial charge in [0.1, 0.15) is 11.2 Å². The van der Waals surface area contributed by atoms with Crippen molar-refractivity contribution in [3.8, 4) is 27.9 Å². The Labute approximate surface area is 306 Å². The topological polar surface area (TPSA) is 18.1 Å². The van der Waals surface area contributed by atoms with Crippen molar-refractivity contribution in [2.24, 2.45) is 0 Å². The number of fused-ring (bicyclic) bond motifs is 17. The molecule has 53 heavy (non-hydrogen) atoms. The van der Waals surface area contributed by atoms with Gasteiger partial charge in [-0.1, -0.05) is 141 Å². The lowest BCUT2D eigenvalue weighted by atomic mass is 9.81. The average molecular weight is 676 g/mol. The molecule has 12 rings (SSSR count). The van der Waals surface area contributed by atoms with E-state index in [4.69, 9.17) is 4.42 Å². The quantitative estimate of drug-likeness (QED) is 0.167. The van der Waals surface area contributed by atoms with Crippen molar-refractivity contribution in [2.75, 3.05) is 0 Å². The number of hydrogen-bond acceptors (Lipinski definition) is 1. The zero-order chi connectivity index (χ0) is 35.0. The smallest absolute Gasteiger partial charge is 0.140 e. The van der Waals surface area contributed by atoms with Gasteiger partial charge < -0.3 is 8.98 Å². The summed E-state index contributed by atoms with van der Waals surface area (Å²) in [6, 6.07) is 60.3. The molecule has 0 amide bonds. The third-order valence-electron chi connectivity index (χ3n) is 12.2.